The molecule has 0 radical (unpaired) electrons. The van der Waals surface area contributed by atoms with E-state index in [1.807, 2.05) is 60.7 Å². The molecule has 0 saturated carbocycles. The summed E-state index contributed by atoms with van der Waals surface area (Å²) in [5.41, 5.74) is 5.05. The van der Waals surface area contributed by atoms with Crippen LogP contribution in [0.3, 0.4) is 0 Å². The predicted molar refractivity (Wildman–Crippen MR) is 210 cm³/mol. The van der Waals surface area contributed by atoms with Gasteiger partial charge in [0.05, 0.1) is 6.61 Å². The fraction of sp³-hybridized carbons (Fsp3) is 0.318. The second-order valence-electron chi connectivity index (χ2n) is 14.4. The van der Waals surface area contributed by atoms with Crippen molar-refractivity contribution >= 4 is 17.8 Å². The average Bonchev–Trinajstić information content (AvgIpc) is 3.18. The molecule has 2 aromatic heterocycles. The maximum atomic E-state index is 13.7. The molecule has 3 aromatic carbocycles. The van der Waals surface area contributed by atoms with Gasteiger partial charge in [-0.05, 0) is 58.9 Å². The maximum absolute atomic E-state index is 13.7. The second-order valence-corrected chi connectivity index (χ2v) is 14.4. The second kappa shape index (κ2) is 18.7. The number of unbranched alkanes of at least 4 members (excludes halogenated alkanes) is 4. The van der Waals surface area contributed by atoms with Crippen molar-refractivity contribution in [3.05, 3.63) is 132 Å². The van der Waals surface area contributed by atoms with E-state index in [4.69, 9.17) is 4.74 Å². The molecule has 2 atom stereocenters. The quantitative estimate of drug-likeness (QED) is 0.0815. The Labute approximate surface area is 317 Å². The number of benzene rings is 3. The van der Waals surface area contributed by atoms with Gasteiger partial charge in [0.1, 0.15) is 11.8 Å². The van der Waals surface area contributed by atoms with E-state index in [0.29, 0.717) is 23.6 Å². The van der Waals surface area contributed by atoms with Gasteiger partial charge in [0.2, 0.25) is 5.91 Å². The lowest BCUT2D eigenvalue weighted by atomic mass is 9.86. The SMILES string of the molecule is CCCCCCCOc1ccc(-c2cnc(-c3ccc(C[C@H](NC(=O)c4ccc(C(C)(C)C)cc4)C(=O)NC(C(=O)O)c4cccnc4)cc3)nc2)cc1. The standard InChI is InChI=1S/C44H49N5O5/c1-5-6-7-8-9-25-54-37-22-18-31(19-23-37)35-28-46-40(47-29-35)32-14-12-30(13-15-32)26-38(42(51)49-39(43(52)53)34-11-10-24-45-27-34)48-41(50)33-16-20-36(21-17-33)44(2,3)4/h10-24,27-29,38-39H,5-9,25-26H2,1-4H3,(H,48,50)(H,49,51)(H,52,53)/t38-,39?/m0/s1. The van der Waals surface area contributed by atoms with Crippen LogP contribution < -0.4 is 15.4 Å². The molecular formula is C44H49N5O5. The van der Waals surface area contributed by atoms with E-state index < -0.39 is 29.9 Å². The molecule has 54 heavy (non-hydrogen) atoms. The number of amides is 2. The Bertz CT molecular complexity index is 1960. The first-order valence-electron chi connectivity index (χ1n) is 18.5. The molecule has 0 aliphatic carbocycles. The highest BCUT2D eigenvalue weighted by Crippen LogP contribution is 2.25. The molecular weight excluding hydrogens is 679 g/mol. The number of ether oxygens (including phenoxy) is 1. The predicted octanol–water partition coefficient (Wildman–Crippen LogP) is 8.14. The lowest BCUT2D eigenvalue weighted by molar-refractivity contribution is -0.142. The maximum Gasteiger partial charge on any atom is 0.330 e. The zero-order chi connectivity index (χ0) is 38.5. The van der Waals surface area contributed by atoms with Crippen molar-refractivity contribution < 1.29 is 24.2 Å². The summed E-state index contributed by atoms with van der Waals surface area (Å²) in [7, 11) is 0. The molecule has 2 amide bonds. The van der Waals surface area contributed by atoms with Gasteiger partial charge in [0, 0.05) is 53.5 Å². The lowest BCUT2D eigenvalue weighted by Crippen LogP contribution is -2.50. The van der Waals surface area contributed by atoms with Crippen LogP contribution in [0.25, 0.3) is 22.5 Å². The highest BCUT2D eigenvalue weighted by Gasteiger charge is 2.28. The van der Waals surface area contributed by atoms with Crippen molar-refractivity contribution in [2.75, 3.05) is 6.61 Å². The van der Waals surface area contributed by atoms with Crippen LogP contribution in [0.1, 0.15) is 92.9 Å². The van der Waals surface area contributed by atoms with Crippen LogP contribution in [-0.4, -0.2) is 50.5 Å². The number of aromatic nitrogens is 3. The Morgan fingerprint density at radius 1 is 0.759 bits per heavy atom. The van der Waals surface area contributed by atoms with E-state index in [0.717, 1.165) is 40.0 Å². The first-order valence-corrected chi connectivity index (χ1v) is 18.5. The first kappa shape index (κ1) is 39.3. The Morgan fingerprint density at radius 2 is 1.43 bits per heavy atom. The molecule has 2 heterocycles. The van der Waals surface area contributed by atoms with Crippen molar-refractivity contribution in [3.63, 3.8) is 0 Å². The molecule has 1 unspecified atom stereocenters. The summed E-state index contributed by atoms with van der Waals surface area (Å²) < 4.78 is 5.90. The minimum absolute atomic E-state index is 0.0937. The largest absolute Gasteiger partial charge is 0.494 e. The van der Waals surface area contributed by atoms with Gasteiger partial charge in [-0.2, -0.15) is 0 Å². The highest BCUT2D eigenvalue weighted by molar-refractivity contribution is 5.98. The van der Waals surface area contributed by atoms with Crippen molar-refractivity contribution in [2.24, 2.45) is 0 Å². The number of pyridine rings is 1. The summed E-state index contributed by atoms with van der Waals surface area (Å²) in [4.78, 5) is 52.5. The van der Waals surface area contributed by atoms with Crippen LogP contribution in [-0.2, 0) is 21.4 Å². The first-order chi connectivity index (χ1) is 26.0. The third-order valence-electron chi connectivity index (χ3n) is 9.19. The molecule has 0 fully saturated rings. The molecule has 5 aromatic rings. The number of carboxylic acid groups (broad SMARTS) is 1. The van der Waals surface area contributed by atoms with E-state index in [1.54, 1.807) is 36.7 Å². The molecule has 3 N–H and O–H groups in total. The van der Waals surface area contributed by atoms with Gasteiger partial charge >= 0.3 is 5.97 Å². The van der Waals surface area contributed by atoms with Crippen molar-refractivity contribution in [1.29, 1.82) is 0 Å². The van der Waals surface area contributed by atoms with Crippen LogP contribution >= 0.6 is 0 Å². The van der Waals surface area contributed by atoms with Crippen LogP contribution in [0.4, 0.5) is 0 Å². The van der Waals surface area contributed by atoms with Gasteiger partial charge in [-0.1, -0.05) is 108 Å². The summed E-state index contributed by atoms with van der Waals surface area (Å²) in [5, 5.41) is 15.4. The highest BCUT2D eigenvalue weighted by atomic mass is 16.5. The molecule has 0 aliphatic heterocycles. The fourth-order valence-electron chi connectivity index (χ4n) is 5.94. The summed E-state index contributed by atoms with van der Waals surface area (Å²) in [5.74, 6) is -0.958. The molecule has 280 valence electrons. The van der Waals surface area contributed by atoms with Gasteiger partial charge < -0.3 is 20.5 Å². The number of nitrogens with one attached hydrogen (secondary N) is 2. The van der Waals surface area contributed by atoms with Gasteiger partial charge in [-0.25, -0.2) is 14.8 Å². The third kappa shape index (κ3) is 11.1. The van der Waals surface area contributed by atoms with Crippen molar-refractivity contribution in [2.45, 2.75) is 83.7 Å². The number of carbonyl (C=O) groups excluding carboxylic acids is 2. The van der Waals surface area contributed by atoms with E-state index in [-0.39, 0.29) is 11.8 Å². The molecule has 10 nitrogen and oxygen atoms in total. The Hall–Kier alpha value is -5.90. The van der Waals surface area contributed by atoms with Gasteiger partial charge in [0.25, 0.3) is 5.91 Å². The lowest BCUT2D eigenvalue weighted by Gasteiger charge is -2.22. The smallest absolute Gasteiger partial charge is 0.330 e. The van der Waals surface area contributed by atoms with E-state index in [1.165, 1.54) is 38.1 Å². The minimum Gasteiger partial charge on any atom is -0.494 e. The number of hydrogen-bond acceptors (Lipinski definition) is 7. The minimum atomic E-state index is -1.35. The number of rotatable bonds is 17. The molecule has 0 spiro atoms. The fourth-order valence-corrected chi connectivity index (χ4v) is 5.94. The Morgan fingerprint density at radius 3 is 2.04 bits per heavy atom. The number of aliphatic carboxylic acids is 1. The summed E-state index contributed by atoms with van der Waals surface area (Å²) in [6.45, 7) is 9.18. The number of nitrogens with zero attached hydrogens (tertiary/aromatic N) is 3. The van der Waals surface area contributed by atoms with Crippen LogP contribution in [0.5, 0.6) is 5.75 Å². The number of carbonyl (C=O) groups is 3. The zero-order valence-corrected chi connectivity index (χ0v) is 31.4. The van der Waals surface area contributed by atoms with E-state index in [2.05, 4.69) is 53.3 Å². The van der Waals surface area contributed by atoms with Gasteiger partial charge in [0.15, 0.2) is 11.9 Å². The number of carboxylic acids is 1. The average molecular weight is 728 g/mol. The topological polar surface area (TPSA) is 143 Å². The Kier molecular flexibility index (Phi) is 13.6. The van der Waals surface area contributed by atoms with Crippen molar-refractivity contribution in [3.8, 4) is 28.3 Å². The molecule has 0 saturated heterocycles. The monoisotopic (exact) mass is 727 g/mol. The van der Waals surface area contributed by atoms with Gasteiger partial charge in [-0.3, -0.25) is 14.6 Å². The van der Waals surface area contributed by atoms with Gasteiger partial charge in [-0.15, -0.1) is 0 Å². The van der Waals surface area contributed by atoms with Crippen molar-refractivity contribution in [1.82, 2.24) is 25.6 Å². The third-order valence-corrected chi connectivity index (χ3v) is 9.19. The summed E-state index contributed by atoms with van der Waals surface area (Å²) in [6.07, 6.45) is 12.6. The molecule has 10 heteroatoms. The Balaban J connectivity index is 1.27. The zero-order valence-electron chi connectivity index (χ0n) is 31.4. The normalized spacial score (nSPS) is 12.4. The van der Waals surface area contributed by atoms with Crippen LogP contribution in [0, 0.1) is 0 Å². The molecule has 0 aliphatic rings. The van der Waals surface area contributed by atoms with E-state index in [9.17, 15) is 19.5 Å². The van der Waals surface area contributed by atoms with Crippen LogP contribution in [0.2, 0.25) is 0 Å². The summed E-state index contributed by atoms with van der Waals surface area (Å²) >= 11 is 0. The molecule has 5 rings (SSSR count). The summed E-state index contributed by atoms with van der Waals surface area (Å²) in [6, 6.07) is 23.3. The van der Waals surface area contributed by atoms with Crippen LogP contribution in [0.15, 0.2) is 110 Å². The van der Waals surface area contributed by atoms with E-state index >= 15 is 0 Å². The molecule has 0 bridgehead atoms. The number of hydrogen-bond donors (Lipinski definition) is 3.